The Bertz CT molecular complexity index is 1350. The fourth-order valence-electron chi connectivity index (χ4n) is 3.08. The number of carbonyl (C=O) groups is 1. The lowest BCUT2D eigenvalue weighted by Crippen LogP contribution is -2.29. The smallest absolute Gasteiger partial charge is 0.267 e. The minimum Gasteiger partial charge on any atom is -0.267 e. The monoisotopic (exact) mass is 450 g/mol. The summed E-state index contributed by atoms with van der Waals surface area (Å²) in [7, 11) is 0. The van der Waals surface area contributed by atoms with Gasteiger partial charge in [-0.25, -0.2) is 10.1 Å². The van der Waals surface area contributed by atoms with E-state index in [1.807, 2.05) is 30.3 Å². The van der Waals surface area contributed by atoms with Crippen molar-refractivity contribution in [2.45, 2.75) is 6.54 Å². The van der Waals surface area contributed by atoms with E-state index in [1.54, 1.807) is 42.5 Å². The van der Waals surface area contributed by atoms with Gasteiger partial charge in [-0.05, 0) is 29.3 Å². The van der Waals surface area contributed by atoms with Crippen LogP contribution in [-0.2, 0) is 6.54 Å². The number of carbonyl (C=O) groups excluding carboxylic acids is 1. The number of benzene rings is 3. The zero-order chi connectivity index (χ0) is 21.8. The quantitative estimate of drug-likeness (QED) is 0.358. The molecule has 0 aliphatic heterocycles. The van der Waals surface area contributed by atoms with Gasteiger partial charge < -0.3 is 0 Å². The molecule has 0 radical (unpaired) electrons. The van der Waals surface area contributed by atoms with Crippen molar-refractivity contribution in [1.29, 1.82) is 0 Å². The minimum atomic E-state index is -0.533. The summed E-state index contributed by atoms with van der Waals surface area (Å²) in [5, 5.41) is 9.99. The van der Waals surface area contributed by atoms with Crippen LogP contribution in [0.1, 0.15) is 21.6 Å². The first kappa shape index (κ1) is 20.8. The van der Waals surface area contributed by atoms with Crippen molar-refractivity contribution < 1.29 is 4.79 Å². The van der Waals surface area contributed by atoms with Crippen LogP contribution in [0.4, 0.5) is 0 Å². The Hall–Kier alpha value is -3.48. The number of hydrazone groups is 1. The number of amides is 1. The molecule has 154 valence electrons. The van der Waals surface area contributed by atoms with E-state index >= 15 is 0 Å². The Kier molecular flexibility index (Phi) is 6.11. The Morgan fingerprint density at radius 3 is 2.42 bits per heavy atom. The predicted octanol–water partition coefficient (Wildman–Crippen LogP) is 4.52. The summed E-state index contributed by atoms with van der Waals surface area (Å²) >= 11 is 11.9. The first-order chi connectivity index (χ1) is 15.0. The lowest BCUT2D eigenvalue weighted by molar-refractivity contribution is 0.0949. The summed E-state index contributed by atoms with van der Waals surface area (Å²) in [5.41, 5.74) is 3.87. The molecule has 0 aliphatic rings. The van der Waals surface area contributed by atoms with Crippen LogP contribution in [0.2, 0.25) is 10.0 Å². The highest BCUT2D eigenvalue weighted by molar-refractivity contribution is 6.42. The Labute approximate surface area is 187 Å². The molecule has 0 atom stereocenters. The third kappa shape index (κ3) is 4.66. The van der Waals surface area contributed by atoms with Crippen molar-refractivity contribution in [2.75, 3.05) is 0 Å². The SMILES string of the molecule is O=C(N/N=C/c1ccc(Cl)c(Cl)c1)c1nn(Cc2ccccc2)c(=O)c2ccccc12. The zero-order valence-electron chi connectivity index (χ0n) is 16.1. The Morgan fingerprint density at radius 1 is 0.968 bits per heavy atom. The van der Waals surface area contributed by atoms with E-state index in [2.05, 4.69) is 15.6 Å². The molecule has 1 N–H and O–H groups in total. The summed E-state index contributed by atoms with van der Waals surface area (Å²) < 4.78 is 1.29. The van der Waals surface area contributed by atoms with Crippen LogP contribution in [0.3, 0.4) is 0 Å². The lowest BCUT2D eigenvalue weighted by atomic mass is 10.1. The van der Waals surface area contributed by atoms with Crippen molar-refractivity contribution >= 4 is 46.1 Å². The van der Waals surface area contributed by atoms with Crippen LogP contribution < -0.4 is 11.0 Å². The number of nitrogens with zero attached hydrogens (tertiary/aromatic N) is 3. The molecule has 3 aromatic carbocycles. The van der Waals surface area contributed by atoms with Crippen molar-refractivity contribution in [3.05, 3.63) is 110 Å². The standard InChI is InChI=1S/C23H16Cl2N4O2/c24-19-11-10-16(12-20(19)25)13-26-27-22(30)21-17-8-4-5-9-18(17)23(31)29(28-21)14-15-6-2-1-3-7-15/h1-13H,14H2,(H,27,30)/b26-13+. The van der Waals surface area contributed by atoms with Crippen molar-refractivity contribution in [1.82, 2.24) is 15.2 Å². The first-order valence-corrected chi connectivity index (χ1v) is 10.1. The van der Waals surface area contributed by atoms with Gasteiger partial charge in [0.25, 0.3) is 11.5 Å². The number of nitrogens with one attached hydrogen (secondary N) is 1. The van der Waals surface area contributed by atoms with Crippen LogP contribution in [0.5, 0.6) is 0 Å². The largest absolute Gasteiger partial charge is 0.292 e. The summed E-state index contributed by atoms with van der Waals surface area (Å²) in [6, 6.07) is 21.3. The molecule has 4 aromatic rings. The molecule has 0 aliphatic carbocycles. The highest BCUT2D eigenvalue weighted by atomic mass is 35.5. The van der Waals surface area contributed by atoms with Crippen LogP contribution >= 0.6 is 23.2 Å². The summed E-state index contributed by atoms with van der Waals surface area (Å²) in [6.45, 7) is 0.247. The Morgan fingerprint density at radius 2 is 1.68 bits per heavy atom. The molecule has 1 aromatic heterocycles. The maximum absolute atomic E-state index is 12.9. The molecule has 0 fully saturated rings. The van der Waals surface area contributed by atoms with E-state index in [0.29, 0.717) is 26.4 Å². The topological polar surface area (TPSA) is 76.3 Å². The molecule has 0 unspecified atom stereocenters. The highest BCUT2D eigenvalue weighted by Crippen LogP contribution is 2.21. The number of aromatic nitrogens is 2. The predicted molar refractivity (Wildman–Crippen MR) is 123 cm³/mol. The van der Waals surface area contributed by atoms with Crippen LogP contribution in [-0.4, -0.2) is 21.9 Å². The molecular weight excluding hydrogens is 435 g/mol. The molecule has 0 saturated carbocycles. The van der Waals surface area contributed by atoms with Gasteiger partial charge in [-0.1, -0.05) is 77.8 Å². The molecular formula is C23H16Cl2N4O2. The minimum absolute atomic E-state index is 0.109. The van der Waals surface area contributed by atoms with Crippen LogP contribution in [0.25, 0.3) is 10.8 Å². The van der Waals surface area contributed by atoms with Gasteiger partial charge in [-0.15, -0.1) is 0 Å². The van der Waals surface area contributed by atoms with Gasteiger partial charge in [0.1, 0.15) is 0 Å². The van der Waals surface area contributed by atoms with Crippen molar-refractivity contribution in [3.8, 4) is 0 Å². The van der Waals surface area contributed by atoms with E-state index in [1.165, 1.54) is 10.9 Å². The lowest BCUT2D eigenvalue weighted by Gasteiger charge is -2.10. The summed E-state index contributed by atoms with van der Waals surface area (Å²) in [4.78, 5) is 25.7. The second-order valence-electron chi connectivity index (χ2n) is 6.72. The number of halogens is 2. The van der Waals surface area contributed by atoms with Gasteiger partial charge in [-0.2, -0.15) is 10.2 Å². The molecule has 1 amide bonds. The van der Waals surface area contributed by atoms with E-state index in [4.69, 9.17) is 23.2 Å². The van der Waals surface area contributed by atoms with Gasteiger partial charge in [0.2, 0.25) is 0 Å². The fourth-order valence-corrected chi connectivity index (χ4v) is 3.38. The normalized spacial score (nSPS) is 11.2. The molecule has 0 saturated heterocycles. The molecule has 1 heterocycles. The maximum atomic E-state index is 12.9. The van der Waals surface area contributed by atoms with E-state index in [-0.39, 0.29) is 17.8 Å². The third-order valence-corrected chi connectivity index (χ3v) is 5.32. The molecule has 6 nitrogen and oxygen atoms in total. The van der Waals surface area contributed by atoms with Gasteiger partial charge in [0.15, 0.2) is 5.69 Å². The number of rotatable bonds is 5. The van der Waals surface area contributed by atoms with Crippen molar-refractivity contribution in [2.24, 2.45) is 5.10 Å². The van der Waals surface area contributed by atoms with Gasteiger partial charge in [0, 0.05) is 5.39 Å². The fraction of sp³-hybridized carbons (Fsp3) is 0.0435. The molecule has 4 rings (SSSR count). The van der Waals surface area contributed by atoms with Crippen LogP contribution in [0.15, 0.2) is 82.7 Å². The van der Waals surface area contributed by atoms with E-state index < -0.39 is 5.91 Å². The van der Waals surface area contributed by atoms with Gasteiger partial charge in [0.05, 0.1) is 28.2 Å². The van der Waals surface area contributed by atoms with Gasteiger partial charge >= 0.3 is 0 Å². The summed E-state index contributed by atoms with van der Waals surface area (Å²) in [5.74, 6) is -0.533. The van der Waals surface area contributed by atoms with Gasteiger partial charge in [-0.3, -0.25) is 9.59 Å². The third-order valence-electron chi connectivity index (χ3n) is 4.58. The van der Waals surface area contributed by atoms with Crippen LogP contribution in [0, 0.1) is 0 Å². The number of hydrogen-bond acceptors (Lipinski definition) is 4. The molecule has 31 heavy (non-hydrogen) atoms. The Balaban J connectivity index is 1.66. The second-order valence-corrected chi connectivity index (χ2v) is 7.53. The van der Waals surface area contributed by atoms with Crippen molar-refractivity contribution in [3.63, 3.8) is 0 Å². The molecule has 0 spiro atoms. The zero-order valence-corrected chi connectivity index (χ0v) is 17.6. The average Bonchev–Trinajstić information content (AvgIpc) is 2.79. The molecule has 8 heteroatoms. The average molecular weight is 451 g/mol. The first-order valence-electron chi connectivity index (χ1n) is 9.35. The van der Waals surface area contributed by atoms with E-state index in [9.17, 15) is 9.59 Å². The molecule has 0 bridgehead atoms. The highest BCUT2D eigenvalue weighted by Gasteiger charge is 2.16. The summed E-state index contributed by atoms with van der Waals surface area (Å²) in [6.07, 6.45) is 1.45. The number of hydrogen-bond donors (Lipinski definition) is 1. The van der Waals surface area contributed by atoms with E-state index in [0.717, 1.165) is 5.56 Å². The second kappa shape index (κ2) is 9.12. The number of fused-ring (bicyclic) bond motifs is 1. The maximum Gasteiger partial charge on any atom is 0.292 e.